The molecule has 2 aliphatic rings. The number of ether oxygens (including phenoxy) is 6. The Morgan fingerprint density at radius 1 is 0.614 bits per heavy atom. The van der Waals surface area contributed by atoms with Gasteiger partial charge >= 0.3 is 18.2 Å². The first kappa shape index (κ1) is 104. The fraction of sp³-hybridized carbons (Fsp3) is 0.520. The maximum absolute atomic E-state index is 14.9. The van der Waals surface area contributed by atoms with Crippen molar-refractivity contribution >= 4 is 99.2 Å². The largest absolute Gasteiger partial charge is 0.481 e. The Hall–Kier alpha value is -11.7. The number of anilines is 1. The number of aryl methyl sites for hydroxylation is 1. The average Bonchev–Trinajstić information content (AvgIpc) is 1.61. The number of carbonyl (C=O) groups is 12. The van der Waals surface area contributed by atoms with Crippen molar-refractivity contribution in [1.82, 2.24) is 66.2 Å². The van der Waals surface area contributed by atoms with Gasteiger partial charge in [-0.3, -0.25) is 52.8 Å². The highest BCUT2D eigenvalue weighted by Gasteiger charge is 2.45. The van der Waals surface area contributed by atoms with Crippen LogP contribution in [0.2, 0.25) is 0 Å². The zero-order valence-electron chi connectivity index (χ0n) is 78.9. The van der Waals surface area contributed by atoms with Gasteiger partial charge in [0.1, 0.15) is 48.4 Å². The summed E-state index contributed by atoms with van der Waals surface area (Å²) in [4.78, 5) is 174. The number of hydrogen-bond donors (Lipinski definition) is 8. The van der Waals surface area contributed by atoms with E-state index in [2.05, 4.69) is 66.5 Å². The molecule has 1 aliphatic carbocycles. The molecule has 3 heterocycles. The van der Waals surface area contributed by atoms with E-state index < -0.39 is 132 Å². The summed E-state index contributed by atoms with van der Waals surface area (Å²) < 4.78 is 37.1. The number of rotatable bonds is 51. The molecule has 1 aliphatic heterocycles. The summed E-state index contributed by atoms with van der Waals surface area (Å²) in [6, 6.07) is 35.4. The lowest BCUT2D eigenvalue weighted by Gasteiger charge is -2.41. The normalized spacial score (nSPS) is 15.5. The molecule has 0 unspecified atom stereocenters. The predicted octanol–water partition coefficient (Wildman–Crippen LogP) is 10.6. The highest BCUT2D eigenvalue weighted by molar-refractivity contribution is 7.09. The molecule has 7 aromatic rings. The molecule has 5 aromatic carbocycles. The number of fused-ring (bicyclic) bond motifs is 4. The molecule has 11 amide bonds. The molecule has 716 valence electrons. The van der Waals surface area contributed by atoms with Gasteiger partial charge in [-0.25, -0.2) is 24.6 Å². The number of benzene rings is 5. The quantitative estimate of drug-likeness (QED) is 0.0130. The van der Waals surface area contributed by atoms with E-state index in [9.17, 15) is 62.6 Å². The van der Waals surface area contributed by atoms with Gasteiger partial charge in [-0.05, 0) is 119 Å². The van der Waals surface area contributed by atoms with Crippen LogP contribution in [0.3, 0.4) is 0 Å². The minimum Gasteiger partial charge on any atom is -0.481 e. The molecule has 1 saturated heterocycles. The number of likely N-dealkylation sites (tertiary alicyclic amines) is 1. The van der Waals surface area contributed by atoms with Crippen LogP contribution in [0.25, 0.3) is 22.0 Å². The second kappa shape index (κ2) is 50.8. The van der Waals surface area contributed by atoms with Gasteiger partial charge in [0.25, 0.3) is 0 Å². The summed E-state index contributed by atoms with van der Waals surface area (Å²) in [5.74, 6) is -7.48. The lowest BCUT2D eigenvalue weighted by molar-refractivity contribution is -0.148. The first-order chi connectivity index (χ1) is 63.1. The number of nitrogens with one attached hydrogen (secondary N) is 7. The van der Waals surface area contributed by atoms with E-state index in [0.29, 0.717) is 43.5 Å². The Bertz CT molecular complexity index is 4950. The van der Waals surface area contributed by atoms with Crippen LogP contribution in [0.15, 0.2) is 145 Å². The standard InChI is InChI=1S/C98H134N14O19S/c1-17-63(8)88(80(126-15)56-83(115)112-47-27-36-79(112)89(127-16)64(9)90(118)104-77(95-100-46-53-132-95)54-66-28-19-18-20-29-66)108(12)96(123)86(61(4)5)106-94(122)87(62(6)7)109(13)97(124)130-58-67-37-39-69(40-38-67)102-91(119)65(10)101-93(121)85(60(2)3)105-82(114)44-49-128-51-52-129-50-45-99-92(120)76(41-42-84(116)117)103-81(113)43-48-111-70(55-68-30-21-26-35-78(68)111)57-107(11)110(14)98(125)131-59-75-73-33-24-22-31-71(73)72-32-23-25-34-74(72)75/h18-26,28-35,37-40,46,53,55,60-65,75-77,79-80,85-89H,17,27,36,41-45,47-52,54,56-59H2,1-16H3,(H,99,120)(H,101,121)(H,102,119)(H,103,113)(H,104,118)(H,105,114)(H,106,122)(H,116,117)/t63-,64+,65-,76-,77-,79-,80+,85-,86-,87-,88-,89+/m0/s1. The first-order valence-corrected chi connectivity index (χ1v) is 46.4. The number of aromatic nitrogens is 2. The van der Waals surface area contributed by atoms with Gasteiger partial charge in [-0.1, -0.05) is 178 Å². The lowest BCUT2D eigenvalue weighted by atomic mass is 9.89. The Morgan fingerprint density at radius 3 is 1.89 bits per heavy atom. The van der Waals surface area contributed by atoms with Gasteiger partial charge in [0, 0.05) is 116 Å². The smallest absolute Gasteiger partial charge is 0.424 e. The summed E-state index contributed by atoms with van der Waals surface area (Å²) in [5, 5.41) is 36.0. The van der Waals surface area contributed by atoms with Crippen LogP contribution >= 0.6 is 11.3 Å². The number of nitrogens with zero attached hydrogens (tertiary/aromatic N) is 7. The number of hydrogen-bond acceptors (Lipinski definition) is 21. The van der Waals surface area contributed by atoms with Crippen molar-refractivity contribution in [1.29, 1.82) is 0 Å². The minimum absolute atomic E-state index is 0.0227. The summed E-state index contributed by atoms with van der Waals surface area (Å²) in [5.41, 5.74) is 8.05. The number of para-hydroxylation sites is 1. The maximum Gasteiger partial charge on any atom is 0.424 e. The monoisotopic (exact) mass is 1840 g/mol. The van der Waals surface area contributed by atoms with E-state index in [0.717, 1.165) is 49.4 Å². The van der Waals surface area contributed by atoms with Crippen molar-refractivity contribution < 1.29 is 91.1 Å². The van der Waals surface area contributed by atoms with E-state index in [1.165, 1.54) is 42.3 Å². The highest BCUT2D eigenvalue weighted by atomic mass is 32.1. The van der Waals surface area contributed by atoms with Gasteiger partial charge in [-0.2, -0.15) is 0 Å². The molecule has 34 heteroatoms. The second-order valence-electron chi connectivity index (χ2n) is 35.1. The zero-order valence-corrected chi connectivity index (χ0v) is 79.7. The topological polar surface area (TPSA) is 399 Å². The van der Waals surface area contributed by atoms with Gasteiger partial charge in [0.15, 0.2) is 0 Å². The van der Waals surface area contributed by atoms with Crippen LogP contribution in [0.5, 0.6) is 0 Å². The van der Waals surface area contributed by atoms with Crippen molar-refractivity contribution in [2.24, 2.45) is 29.6 Å². The Morgan fingerprint density at radius 2 is 1.26 bits per heavy atom. The number of likely N-dealkylation sites (N-methyl/N-ethyl adjacent to an activating group) is 2. The average molecular weight is 1840 g/mol. The first-order valence-electron chi connectivity index (χ1n) is 45.5. The van der Waals surface area contributed by atoms with Crippen LogP contribution in [-0.4, -0.2) is 254 Å². The summed E-state index contributed by atoms with van der Waals surface area (Å²) in [6.07, 6.45) is 0.621. The van der Waals surface area contributed by atoms with E-state index in [1.807, 2.05) is 129 Å². The molecule has 0 spiro atoms. The van der Waals surface area contributed by atoms with Crippen molar-refractivity contribution in [3.05, 3.63) is 178 Å². The van der Waals surface area contributed by atoms with Crippen LogP contribution in [-0.2, 0) is 102 Å². The third-order valence-electron chi connectivity index (χ3n) is 24.7. The number of carboxylic acid groups (broad SMARTS) is 1. The third-order valence-corrected chi connectivity index (χ3v) is 25.6. The lowest BCUT2D eigenvalue weighted by Crippen LogP contribution is -2.60. The molecular weight excluding hydrogens is 1710 g/mol. The van der Waals surface area contributed by atoms with Crippen molar-refractivity contribution in [3.63, 3.8) is 0 Å². The van der Waals surface area contributed by atoms with Crippen LogP contribution in [0.4, 0.5) is 15.3 Å². The molecule has 132 heavy (non-hydrogen) atoms. The number of methoxy groups -OCH3 is 2. The van der Waals surface area contributed by atoms with Gasteiger partial charge in [0.05, 0.1) is 75.6 Å². The number of aliphatic carboxylic acids is 1. The molecular formula is C98H134N14O19S. The number of carboxylic acids is 1. The second-order valence-corrected chi connectivity index (χ2v) is 36.0. The van der Waals surface area contributed by atoms with Crippen molar-refractivity contribution in [2.75, 3.05) is 93.9 Å². The molecule has 0 radical (unpaired) electrons. The molecule has 8 N–H and O–H groups in total. The minimum atomic E-state index is -1.16. The van der Waals surface area contributed by atoms with E-state index >= 15 is 0 Å². The highest BCUT2D eigenvalue weighted by Crippen LogP contribution is 2.45. The van der Waals surface area contributed by atoms with Gasteiger partial charge in [-0.15, -0.1) is 11.3 Å². The SMILES string of the molecule is CC[C@H](C)[C@@H]([C@@H](CC(=O)N1CCC[C@H]1[C@H](OC)[C@@H](C)C(=O)N[C@@H](Cc1ccccc1)c1nccs1)OC)N(C)C(=O)[C@@H](NC(=O)[C@H](C(C)C)N(C)C(=O)OCc1ccc(NC(=O)[C@H](C)NC(=O)[C@@H](NC(=O)CCOCCOCCNC(=O)[C@H](CCC(=O)O)NC(=O)CCn2c(CN(C)N(C)C(=O)OCC3c4ccccc4-c4ccccc43)cc3ccccc32)C(C)C)cc1)C(C)C. The van der Waals surface area contributed by atoms with Crippen molar-refractivity contribution in [3.8, 4) is 11.1 Å². The molecule has 0 saturated carbocycles. The Kier molecular flexibility index (Phi) is 40.0. The van der Waals surface area contributed by atoms with Crippen LogP contribution < -0.4 is 37.2 Å². The summed E-state index contributed by atoms with van der Waals surface area (Å²) in [6.45, 7) is 19.0. The summed E-state index contributed by atoms with van der Waals surface area (Å²) >= 11 is 1.47. The Labute approximate surface area is 778 Å². The van der Waals surface area contributed by atoms with Crippen LogP contribution in [0, 0.1) is 29.6 Å². The number of carbonyl (C=O) groups excluding carboxylic acids is 11. The van der Waals surface area contributed by atoms with E-state index in [1.54, 1.807) is 101 Å². The van der Waals surface area contributed by atoms with E-state index in [-0.39, 0.29) is 127 Å². The summed E-state index contributed by atoms with van der Waals surface area (Å²) in [7, 11) is 9.57. The molecule has 9 rings (SSSR count). The van der Waals surface area contributed by atoms with Gasteiger partial charge in [0.2, 0.25) is 53.2 Å². The number of thiazole rings is 1. The predicted molar refractivity (Wildman–Crippen MR) is 501 cm³/mol. The van der Waals surface area contributed by atoms with Crippen LogP contribution in [0.1, 0.15) is 166 Å². The number of hydrazine groups is 1. The molecule has 33 nitrogen and oxygen atoms in total. The Balaban J connectivity index is 0.661. The molecule has 2 aromatic heterocycles. The fourth-order valence-electron chi connectivity index (χ4n) is 17.1. The molecule has 0 bridgehead atoms. The van der Waals surface area contributed by atoms with Gasteiger partial charge < -0.3 is 85.1 Å². The fourth-order valence-corrected chi connectivity index (χ4v) is 17.8. The van der Waals surface area contributed by atoms with Crippen molar-refractivity contribution in [2.45, 2.75) is 213 Å². The zero-order chi connectivity index (χ0) is 96.0. The molecule has 1 fully saturated rings. The molecule has 12 atom stereocenters. The maximum atomic E-state index is 14.9. The van der Waals surface area contributed by atoms with E-state index in [4.69, 9.17) is 28.4 Å². The number of amides is 11. The third kappa shape index (κ3) is 28.7.